The Morgan fingerprint density at radius 3 is 2.28 bits per heavy atom. The summed E-state index contributed by atoms with van der Waals surface area (Å²) in [5, 5.41) is 0. The van der Waals surface area contributed by atoms with Crippen LogP contribution in [0.5, 0.6) is 17.2 Å². The molecule has 7 nitrogen and oxygen atoms in total. The Labute approximate surface area is 146 Å². The lowest BCUT2D eigenvalue weighted by Crippen LogP contribution is -2.49. The van der Waals surface area contributed by atoms with E-state index >= 15 is 0 Å². The van der Waals surface area contributed by atoms with Gasteiger partial charge in [0.05, 0.1) is 33.8 Å². The van der Waals surface area contributed by atoms with E-state index in [0.717, 1.165) is 12.8 Å². The molecule has 0 saturated carbocycles. The summed E-state index contributed by atoms with van der Waals surface area (Å²) in [6.45, 7) is 0.480. The van der Waals surface area contributed by atoms with Crippen LogP contribution in [-0.4, -0.2) is 56.8 Å². The van der Waals surface area contributed by atoms with Crippen LogP contribution in [0, 0.1) is 0 Å². The Bertz CT molecular complexity index is 632. The molecular weight excluding hydrogens is 326 g/mol. The van der Waals surface area contributed by atoms with E-state index in [1.54, 1.807) is 12.1 Å². The molecule has 1 fully saturated rings. The molecule has 0 N–H and O–H groups in total. The third-order valence-electron chi connectivity index (χ3n) is 4.35. The number of methoxy groups -OCH3 is 3. The first-order chi connectivity index (χ1) is 12.0. The van der Waals surface area contributed by atoms with E-state index in [0.29, 0.717) is 42.1 Å². The Hall–Kier alpha value is -2.57. The summed E-state index contributed by atoms with van der Waals surface area (Å²) in [5.74, 6) is 0.632. The van der Waals surface area contributed by atoms with E-state index in [2.05, 4.69) is 0 Å². The van der Waals surface area contributed by atoms with Gasteiger partial charge in [0.1, 0.15) is 0 Å². The molecule has 1 aromatic rings. The van der Waals surface area contributed by atoms with E-state index < -0.39 is 11.8 Å². The zero-order valence-corrected chi connectivity index (χ0v) is 14.7. The number of ether oxygens (including phenoxy) is 3. The highest BCUT2D eigenvalue weighted by atomic mass is 16.5. The topological polar surface area (TPSA) is 82.1 Å². The minimum Gasteiger partial charge on any atom is -0.493 e. The third kappa shape index (κ3) is 4.10. The first-order valence-corrected chi connectivity index (χ1v) is 8.13. The van der Waals surface area contributed by atoms with Gasteiger partial charge in [-0.05, 0) is 37.0 Å². The van der Waals surface area contributed by atoms with E-state index in [-0.39, 0.29) is 12.3 Å². The van der Waals surface area contributed by atoms with Gasteiger partial charge in [0.25, 0.3) is 0 Å². The van der Waals surface area contributed by atoms with Crippen LogP contribution < -0.4 is 14.2 Å². The molecule has 1 aliphatic heterocycles. The van der Waals surface area contributed by atoms with Crippen LogP contribution in [0.4, 0.5) is 0 Å². The van der Waals surface area contributed by atoms with Crippen molar-refractivity contribution in [3.8, 4) is 17.2 Å². The van der Waals surface area contributed by atoms with Gasteiger partial charge in [0.2, 0.25) is 17.4 Å². The molecule has 2 rings (SSSR count). The van der Waals surface area contributed by atoms with Gasteiger partial charge in [-0.1, -0.05) is 0 Å². The standard InChI is InChI=1S/C18H23NO6/c1-23-15-8-12(9-16(24-2)18(15)25-3)10-17(22)19-7-5-4-6-13(19)14(21)11-20/h8-9,11,13H,4-7,10H2,1-3H3/t13-/m0/s1. The summed E-state index contributed by atoms with van der Waals surface area (Å²) in [6, 6.07) is 2.76. The van der Waals surface area contributed by atoms with Crippen molar-refractivity contribution >= 4 is 18.0 Å². The fraction of sp³-hybridized carbons (Fsp3) is 0.500. The number of carbonyl (C=O) groups excluding carboxylic acids is 3. The number of amides is 1. The number of aldehydes is 1. The van der Waals surface area contributed by atoms with E-state index in [1.165, 1.54) is 26.2 Å². The van der Waals surface area contributed by atoms with Crippen molar-refractivity contribution < 1.29 is 28.6 Å². The van der Waals surface area contributed by atoms with Crippen LogP contribution in [0.2, 0.25) is 0 Å². The predicted molar refractivity (Wildman–Crippen MR) is 90.2 cm³/mol. The zero-order valence-electron chi connectivity index (χ0n) is 14.7. The maximum Gasteiger partial charge on any atom is 0.227 e. The van der Waals surface area contributed by atoms with Gasteiger partial charge < -0.3 is 19.1 Å². The van der Waals surface area contributed by atoms with Gasteiger partial charge in [0, 0.05) is 6.54 Å². The Kier molecular flexibility index (Phi) is 6.38. The van der Waals surface area contributed by atoms with Crippen molar-refractivity contribution in [1.82, 2.24) is 4.90 Å². The summed E-state index contributed by atoms with van der Waals surface area (Å²) in [7, 11) is 4.52. The minimum absolute atomic E-state index is 0.0827. The summed E-state index contributed by atoms with van der Waals surface area (Å²) < 4.78 is 15.9. The minimum atomic E-state index is -0.652. The molecule has 0 aromatic heterocycles. The lowest BCUT2D eigenvalue weighted by Gasteiger charge is -2.33. The molecule has 0 unspecified atom stereocenters. The number of hydrogen-bond acceptors (Lipinski definition) is 6. The second kappa shape index (κ2) is 8.50. The van der Waals surface area contributed by atoms with Crippen molar-refractivity contribution in [3.63, 3.8) is 0 Å². The number of nitrogens with zero attached hydrogens (tertiary/aromatic N) is 1. The molecule has 1 aromatic carbocycles. The smallest absolute Gasteiger partial charge is 0.227 e. The average molecular weight is 349 g/mol. The molecule has 0 spiro atoms. The van der Waals surface area contributed by atoms with Gasteiger partial charge in [-0.25, -0.2) is 0 Å². The molecule has 0 aliphatic carbocycles. The van der Waals surface area contributed by atoms with Crippen molar-refractivity contribution in [2.24, 2.45) is 0 Å². The second-order valence-corrected chi connectivity index (χ2v) is 5.83. The SMILES string of the molecule is COc1cc(CC(=O)N2CCCC[C@H]2C(=O)C=O)cc(OC)c1OC. The quantitative estimate of drug-likeness (QED) is 0.547. The number of carbonyl (C=O) groups is 3. The van der Waals surface area contributed by atoms with Crippen LogP contribution in [0.15, 0.2) is 12.1 Å². The van der Waals surface area contributed by atoms with Crippen LogP contribution in [0.1, 0.15) is 24.8 Å². The van der Waals surface area contributed by atoms with Crippen molar-refractivity contribution in [3.05, 3.63) is 17.7 Å². The third-order valence-corrected chi connectivity index (χ3v) is 4.35. The molecule has 1 heterocycles. The van der Waals surface area contributed by atoms with Crippen LogP contribution in [0.3, 0.4) is 0 Å². The maximum absolute atomic E-state index is 12.7. The number of rotatable bonds is 7. The molecular formula is C18H23NO6. The number of hydrogen-bond donors (Lipinski definition) is 0. The number of ketones is 1. The molecule has 1 amide bonds. The predicted octanol–water partition coefficient (Wildman–Crippen LogP) is 1.40. The van der Waals surface area contributed by atoms with Crippen LogP contribution >= 0.6 is 0 Å². The van der Waals surface area contributed by atoms with Crippen molar-refractivity contribution in [2.75, 3.05) is 27.9 Å². The highest BCUT2D eigenvalue weighted by Crippen LogP contribution is 2.38. The normalized spacial score (nSPS) is 16.9. The first-order valence-electron chi connectivity index (χ1n) is 8.13. The number of piperidine rings is 1. The number of benzene rings is 1. The monoisotopic (exact) mass is 349 g/mol. The molecule has 1 aliphatic rings. The fourth-order valence-corrected chi connectivity index (χ4v) is 3.12. The largest absolute Gasteiger partial charge is 0.493 e. The first kappa shape index (κ1) is 18.8. The second-order valence-electron chi connectivity index (χ2n) is 5.83. The Morgan fingerprint density at radius 1 is 1.12 bits per heavy atom. The van der Waals surface area contributed by atoms with Gasteiger partial charge in [-0.3, -0.25) is 14.4 Å². The molecule has 1 saturated heterocycles. The van der Waals surface area contributed by atoms with Gasteiger partial charge in [-0.15, -0.1) is 0 Å². The highest BCUT2D eigenvalue weighted by Gasteiger charge is 2.31. The van der Waals surface area contributed by atoms with E-state index in [1.807, 2.05) is 0 Å². The summed E-state index contributed by atoms with van der Waals surface area (Å²) in [5.41, 5.74) is 0.683. The highest BCUT2D eigenvalue weighted by molar-refractivity contribution is 6.27. The average Bonchev–Trinajstić information content (AvgIpc) is 2.66. The summed E-state index contributed by atoms with van der Waals surface area (Å²) >= 11 is 0. The fourth-order valence-electron chi connectivity index (χ4n) is 3.12. The van der Waals surface area contributed by atoms with Crippen LogP contribution in [0.25, 0.3) is 0 Å². The lowest BCUT2D eigenvalue weighted by molar-refractivity contribution is -0.142. The molecule has 1 atom stereocenters. The Morgan fingerprint density at radius 2 is 1.76 bits per heavy atom. The van der Waals surface area contributed by atoms with Gasteiger partial charge >= 0.3 is 0 Å². The molecule has 7 heteroatoms. The molecule has 0 radical (unpaired) electrons. The van der Waals surface area contributed by atoms with Crippen molar-refractivity contribution in [1.29, 1.82) is 0 Å². The van der Waals surface area contributed by atoms with E-state index in [4.69, 9.17) is 14.2 Å². The van der Waals surface area contributed by atoms with Crippen molar-refractivity contribution in [2.45, 2.75) is 31.7 Å². The lowest BCUT2D eigenvalue weighted by atomic mass is 9.97. The van der Waals surface area contributed by atoms with Crippen LogP contribution in [-0.2, 0) is 20.8 Å². The molecule has 0 bridgehead atoms. The molecule has 25 heavy (non-hydrogen) atoms. The van der Waals surface area contributed by atoms with E-state index in [9.17, 15) is 14.4 Å². The maximum atomic E-state index is 12.7. The summed E-state index contributed by atoms with van der Waals surface area (Å²) in [4.78, 5) is 36.8. The molecule has 136 valence electrons. The Balaban J connectivity index is 2.24. The van der Waals surface area contributed by atoms with Gasteiger partial charge in [-0.2, -0.15) is 0 Å². The number of likely N-dealkylation sites (tertiary alicyclic amines) is 1. The summed E-state index contributed by atoms with van der Waals surface area (Å²) in [6.07, 6.45) is 2.56. The van der Waals surface area contributed by atoms with Gasteiger partial charge in [0.15, 0.2) is 17.8 Å². The zero-order chi connectivity index (χ0) is 18.4. The number of Topliss-reactive ketones (excluding diaryl/α,β-unsaturated/α-hetero) is 1.